The van der Waals surface area contributed by atoms with Crippen LogP contribution in [-0.4, -0.2) is 47.4 Å². The molecule has 134 valence electrons. The fraction of sp³-hybridized carbons (Fsp3) is 0.500. The summed E-state index contributed by atoms with van der Waals surface area (Å²) in [6.45, 7) is 7.94. The van der Waals surface area contributed by atoms with Crippen LogP contribution in [0.3, 0.4) is 0 Å². The molecule has 0 fully saturated rings. The van der Waals surface area contributed by atoms with Crippen molar-refractivity contribution in [3.05, 3.63) is 35.4 Å². The molecule has 0 N–H and O–H groups in total. The van der Waals surface area contributed by atoms with Crippen molar-refractivity contribution in [2.24, 2.45) is 0 Å². The molecule has 7 nitrogen and oxygen atoms in total. The monoisotopic (exact) mass is 356 g/mol. The van der Waals surface area contributed by atoms with Gasteiger partial charge in [0.1, 0.15) is 0 Å². The van der Waals surface area contributed by atoms with Gasteiger partial charge in [0, 0.05) is 19.8 Å². The van der Waals surface area contributed by atoms with Crippen LogP contribution in [0, 0.1) is 0 Å². The fourth-order valence-corrected chi connectivity index (χ4v) is 3.78. The Morgan fingerprint density at radius 3 is 1.67 bits per heavy atom. The molecular formula is C16H24O7Si. The number of carbonyl (C=O) groups excluding carboxylic acids is 2. The number of carbonyl (C=O) groups is 2. The molecule has 0 amide bonds. The van der Waals surface area contributed by atoms with E-state index < -0.39 is 21.0 Å². The number of rotatable bonds is 10. The Balaban J connectivity index is 3.09. The SMILES string of the molecule is CCOC(=O)c1ccccc1C(=O)O[Si](OCC)(OCC)OCC. The summed E-state index contributed by atoms with van der Waals surface area (Å²) in [4.78, 5) is 24.6. The van der Waals surface area contributed by atoms with E-state index in [2.05, 4.69) is 0 Å². The topological polar surface area (TPSA) is 80.3 Å². The molecule has 0 bridgehead atoms. The summed E-state index contributed by atoms with van der Waals surface area (Å²) in [7, 11) is -3.62. The van der Waals surface area contributed by atoms with Crippen molar-refractivity contribution in [3.8, 4) is 0 Å². The molecule has 0 aliphatic heterocycles. The number of hydrogen-bond donors (Lipinski definition) is 0. The van der Waals surface area contributed by atoms with Gasteiger partial charge in [-0.15, -0.1) is 0 Å². The minimum Gasteiger partial charge on any atom is -0.462 e. The summed E-state index contributed by atoms with van der Waals surface area (Å²) in [6.07, 6.45) is 0. The Morgan fingerprint density at radius 2 is 1.25 bits per heavy atom. The van der Waals surface area contributed by atoms with E-state index in [0.29, 0.717) is 0 Å². The summed E-state index contributed by atoms with van der Waals surface area (Å²) < 4.78 is 26.9. The third kappa shape index (κ3) is 5.41. The zero-order valence-corrected chi connectivity index (χ0v) is 15.5. The van der Waals surface area contributed by atoms with Crippen molar-refractivity contribution in [2.75, 3.05) is 26.4 Å². The number of ether oxygens (including phenoxy) is 1. The molecule has 1 rings (SSSR count). The molecule has 8 heteroatoms. The lowest BCUT2D eigenvalue weighted by Crippen LogP contribution is -2.50. The molecule has 0 atom stereocenters. The standard InChI is InChI=1S/C16H24O7Si/c1-5-19-15(17)13-11-9-10-12-14(13)16(18)23-24(20-6-2,21-7-3)22-8-4/h9-12H,5-8H2,1-4H3. The Labute approximate surface area is 143 Å². The lowest BCUT2D eigenvalue weighted by molar-refractivity contribution is -0.0171. The van der Waals surface area contributed by atoms with Gasteiger partial charge in [0.2, 0.25) is 0 Å². The van der Waals surface area contributed by atoms with Crippen LogP contribution in [0.2, 0.25) is 0 Å². The zero-order chi connectivity index (χ0) is 18.0. The Hall–Kier alpha value is -1.74. The van der Waals surface area contributed by atoms with Crippen LogP contribution >= 0.6 is 0 Å². The fourth-order valence-electron chi connectivity index (χ4n) is 1.96. The van der Waals surface area contributed by atoms with Crippen molar-refractivity contribution < 1.29 is 32.0 Å². The van der Waals surface area contributed by atoms with E-state index in [-0.39, 0.29) is 37.6 Å². The second kappa shape index (κ2) is 10.2. The first-order valence-corrected chi connectivity index (χ1v) is 9.58. The summed E-state index contributed by atoms with van der Waals surface area (Å²) in [5.41, 5.74) is 0.198. The minimum absolute atomic E-state index is 0.0759. The van der Waals surface area contributed by atoms with Crippen LogP contribution in [0.15, 0.2) is 24.3 Å². The predicted octanol–water partition coefficient (Wildman–Crippen LogP) is 2.57. The minimum atomic E-state index is -3.62. The van der Waals surface area contributed by atoms with Gasteiger partial charge in [-0.05, 0) is 39.8 Å². The van der Waals surface area contributed by atoms with Gasteiger partial charge in [0.05, 0.1) is 17.7 Å². The molecule has 0 heterocycles. The largest absolute Gasteiger partial charge is 0.751 e. The first-order valence-electron chi connectivity index (χ1n) is 7.94. The molecular weight excluding hydrogens is 332 g/mol. The highest BCUT2D eigenvalue weighted by atomic mass is 28.4. The molecule has 1 aromatic rings. The highest BCUT2D eigenvalue weighted by molar-refractivity contribution is 6.56. The Bertz CT molecular complexity index is 530. The van der Waals surface area contributed by atoms with Gasteiger partial charge in [0.25, 0.3) is 0 Å². The molecule has 0 saturated carbocycles. The number of esters is 1. The van der Waals surface area contributed by atoms with E-state index in [9.17, 15) is 9.59 Å². The number of benzene rings is 1. The maximum Gasteiger partial charge on any atom is 0.751 e. The van der Waals surface area contributed by atoms with Crippen LogP contribution in [0.25, 0.3) is 0 Å². The third-order valence-corrected chi connectivity index (χ3v) is 5.19. The maximum absolute atomic E-state index is 12.6. The Kier molecular flexibility index (Phi) is 8.62. The maximum atomic E-state index is 12.6. The molecule has 1 aromatic carbocycles. The lowest BCUT2D eigenvalue weighted by Gasteiger charge is -2.26. The molecule has 0 aromatic heterocycles. The van der Waals surface area contributed by atoms with Crippen molar-refractivity contribution in [1.29, 1.82) is 0 Å². The quantitative estimate of drug-likeness (QED) is 0.471. The first-order chi connectivity index (χ1) is 11.5. The van der Waals surface area contributed by atoms with Gasteiger partial charge < -0.3 is 22.4 Å². The van der Waals surface area contributed by atoms with Crippen molar-refractivity contribution >= 4 is 21.0 Å². The third-order valence-electron chi connectivity index (χ3n) is 2.82. The average Bonchev–Trinajstić information content (AvgIpc) is 2.55. The zero-order valence-electron chi connectivity index (χ0n) is 14.5. The van der Waals surface area contributed by atoms with Crippen LogP contribution in [0.4, 0.5) is 0 Å². The smallest absolute Gasteiger partial charge is 0.462 e. The molecule has 0 saturated heterocycles. The molecule has 0 spiro atoms. The summed E-state index contributed by atoms with van der Waals surface area (Å²) in [6, 6.07) is 6.25. The van der Waals surface area contributed by atoms with Crippen molar-refractivity contribution in [3.63, 3.8) is 0 Å². The average molecular weight is 356 g/mol. The molecule has 0 radical (unpaired) electrons. The summed E-state index contributed by atoms with van der Waals surface area (Å²) in [5.74, 6) is -1.35. The molecule has 0 unspecified atom stereocenters. The van der Waals surface area contributed by atoms with Crippen LogP contribution < -0.4 is 0 Å². The van der Waals surface area contributed by atoms with Crippen LogP contribution in [0.1, 0.15) is 48.4 Å². The van der Waals surface area contributed by atoms with E-state index in [1.54, 1.807) is 39.8 Å². The van der Waals surface area contributed by atoms with Crippen LogP contribution in [-0.2, 0) is 22.4 Å². The van der Waals surface area contributed by atoms with Gasteiger partial charge >= 0.3 is 21.0 Å². The summed E-state index contributed by atoms with van der Waals surface area (Å²) >= 11 is 0. The summed E-state index contributed by atoms with van der Waals surface area (Å²) in [5, 5.41) is 0. The van der Waals surface area contributed by atoms with Gasteiger partial charge in [-0.1, -0.05) is 12.1 Å². The van der Waals surface area contributed by atoms with Gasteiger partial charge in [0.15, 0.2) is 0 Å². The second-order valence-electron chi connectivity index (χ2n) is 4.45. The predicted molar refractivity (Wildman–Crippen MR) is 88.4 cm³/mol. The highest BCUT2D eigenvalue weighted by Gasteiger charge is 2.49. The molecule has 24 heavy (non-hydrogen) atoms. The van der Waals surface area contributed by atoms with E-state index in [1.807, 2.05) is 0 Å². The van der Waals surface area contributed by atoms with Crippen molar-refractivity contribution in [2.45, 2.75) is 27.7 Å². The van der Waals surface area contributed by atoms with E-state index in [4.69, 9.17) is 22.4 Å². The van der Waals surface area contributed by atoms with Gasteiger partial charge in [-0.25, -0.2) is 9.59 Å². The van der Waals surface area contributed by atoms with Crippen LogP contribution in [0.5, 0.6) is 0 Å². The Morgan fingerprint density at radius 1 is 0.792 bits per heavy atom. The van der Waals surface area contributed by atoms with Gasteiger partial charge in [-0.3, -0.25) is 0 Å². The van der Waals surface area contributed by atoms with E-state index >= 15 is 0 Å². The molecule has 0 aliphatic carbocycles. The normalized spacial score (nSPS) is 11.2. The lowest BCUT2D eigenvalue weighted by atomic mass is 10.1. The molecule has 0 aliphatic rings. The van der Waals surface area contributed by atoms with E-state index in [0.717, 1.165) is 0 Å². The first kappa shape index (κ1) is 20.3. The van der Waals surface area contributed by atoms with E-state index in [1.165, 1.54) is 12.1 Å². The van der Waals surface area contributed by atoms with Crippen molar-refractivity contribution in [1.82, 2.24) is 0 Å². The highest BCUT2D eigenvalue weighted by Crippen LogP contribution is 2.18. The second-order valence-corrected chi connectivity index (χ2v) is 6.52. The van der Waals surface area contributed by atoms with Gasteiger partial charge in [-0.2, -0.15) is 0 Å². The number of hydrogen-bond acceptors (Lipinski definition) is 7.